The largest absolute Gasteiger partial charge is 1.00 e. The van der Waals surface area contributed by atoms with Crippen LogP contribution in [-0.2, 0) is 0 Å². The molecule has 0 N–H and O–H groups in total. The Kier molecular flexibility index (Phi) is 4.69. The van der Waals surface area contributed by atoms with Crippen LogP contribution >= 0.6 is 0 Å². The summed E-state index contributed by atoms with van der Waals surface area (Å²) >= 11 is -1.10. The van der Waals surface area contributed by atoms with Crippen LogP contribution in [0.2, 0.25) is 19.5 Å². The van der Waals surface area contributed by atoms with Gasteiger partial charge in [-0.25, -0.2) is 0 Å². The van der Waals surface area contributed by atoms with Gasteiger partial charge in [0.2, 0.25) is 0 Å². The van der Waals surface area contributed by atoms with Gasteiger partial charge in [0.25, 0.3) is 0 Å². The standard InChI is InChI=1S/4CH3.FH.Sb/h4*1H3;1H;/q;;;;;+1/p-1. The summed E-state index contributed by atoms with van der Waals surface area (Å²) < 4.78 is 0. The molecule has 0 fully saturated rings. The fourth-order valence-corrected chi connectivity index (χ4v) is 0. The van der Waals surface area contributed by atoms with Gasteiger partial charge in [0.15, 0.2) is 0 Å². The minimum Gasteiger partial charge on any atom is -1.00 e. The van der Waals surface area contributed by atoms with Gasteiger partial charge in [-0.15, -0.1) is 0 Å². The van der Waals surface area contributed by atoms with E-state index in [1.165, 1.54) is 0 Å². The van der Waals surface area contributed by atoms with Crippen LogP contribution in [0.25, 0.3) is 0 Å². The molecule has 0 rings (SSSR count). The van der Waals surface area contributed by atoms with Crippen LogP contribution in [0.15, 0.2) is 0 Å². The maximum absolute atomic E-state index is 2.39. The molecule has 0 aromatic carbocycles. The maximum atomic E-state index is 2.39. The van der Waals surface area contributed by atoms with Crippen LogP contribution in [0.1, 0.15) is 0 Å². The van der Waals surface area contributed by atoms with Crippen LogP contribution in [0.4, 0.5) is 0 Å². The van der Waals surface area contributed by atoms with E-state index in [-0.39, 0.29) is 4.70 Å². The van der Waals surface area contributed by atoms with Gasteiger partial charge in [0, 0.05) is 0 Å². The molecule has 0 nitrogen and oxygen atoms in total. The van der Waals surface area contributed by atoms with E-state index >= 15 is 0 Å². The van der Waals surface area contributed by atoms with Crippen molar-refractivity contribution in [2.75, 3.05) is 0 Å². The Morgan fingerprint density at radius 1 is 0.833 bits per heavy atom. The zero-order valence-electron chi connectivity index (χ0n) is 4.83. The molecule has 0 saturated heterocycles. The molecule has 6 heavy (non-hydrogen) atoms. The molecule has 0 amide bonds. The van der Waals surface area contributed by atoms with Crippen molar-refractivity contribution in [1.29, 1.82) is 0 Å². The minimum absolute atomic E-state index is 0. The van der Waals surface area contributed by atoms with Gasteiger partial charge in [0.05, 0.1) is 0 Å². The summed E-state index contributed by atoms with van der Waals surface area (Å²) in [7, 11) is 0. The van der Waals surface area contributed by atoms with Gasteiger partial charge in [0.1, 0.15) is 0 Å². The van der Waals surface area contributed by atoms with Gasteiger partial charge < -0.3 is 4.70 Å². The van der Waals surface area contributed by atoms with E-state index in [4.69, 9.17) is 0 Å². The van der Waals surface area contributed by atoms with Crippen LogP contribution in [0.5, 0.6) is 0 Å². The molecule has 0 spiro atoms. The Morgan fingerprint density at radius 2 is 0.833 bits per heavy atom. The van der Waals surface area contributed by atoms with Crippen molar-refractivity contribution in [1.82, 2.24) is 0 Å². The van der Waals surface area contributed by atoms with Crippen molar-refractivity contribution in [3.05, 3.63) is 0 Å². The molecule has 0 unspecified atom stereocenters. The van der Waals surface area contributed by atoms with Crippen molar-refractivity contribution in [3.8, 4) is 0 Å². The van der Waals surface area contributed by atoms with Crippen molar-refractivity contribution < 1.29 is 4.70 Å². The van der Waals surface area contributed by atoms with E-state index in [0.29, 0.717) is 0 Å². The molecule has 0 heterocycles. The average Bonchev–Trinajstić information content (AvgIpc) is 0.722. The molecule has 0 bridgehead atoms. The normalized spacial score (nSPS) is 10.0. The number of hydrogen-bond donors (Lipinski definition) is 0. The van der Waals surface area contributed by atoms with Gasteiger partial charge >= 0.3 is 38.3 Å². The summed E-state index contributed by atoms with van der Waals surface area (Å²) in [6, 6.07) is 0. The van der Waals surface area contributed by atoms with Crippen LogP contribution in [-0.4, -0.2) is 18.8 Å². The average molecular weight is 201 g/mol. The molecule has 0 aliphatic rings. The smallest absolute Gasteiger partial charge is 1.00 e. The third kappa shape index (κ3) is 119. The summed E-state index contributed by atoms with van der Waals surface area (Å²) in [5.74, 6) is 0. The van der Waals surface area contributed by atoms with Gasteiger partial charge in [-0.05, 0) is 0 Å². The predicted octanol–water partition coefficient (Wildman–Crippen LogP) is -1.04. The summed E-state index contributed by atoms with van der Waals surface area (Å²) in [4.78, 5) is 9.55. The number of halogens is 1. The second-order valence-electron chi connectivity index (χ2n) is 2.68. The first-order valence-electron chi connectivity index (χ1n) is 1.79. The molecular formula is C4H12FSb. The monoisotopic (exact) mass is 200 g/mol. The Labute approximate surface area is 43.3 Å². The fourth-order valence-electron chi connectivity index (χ4n) is 0. The van der Waals surface area contributed by atoms with E-state index in [2.05, 4.69) is 19.5 Å². The van der Waals surface area contributed by atoms with Gasteiger partial charge in [-0.2, -0.15) is 0 Å². The summed E-state index contributed by atoms with van der Waals surface area (Å²) in [6.45, 7) is 0. The second kappa shape index (κ2) is 2.85. The molecule has 0 aromatic rings. The van der Waals surface area contributed by atoms with Gasteiger partial charge in [-0.1, -0.05) is 0 Å². The first-order chi connectivity index (χ1) is 2.00. The van der Waals surface area contributed by atoms with Gasteiger partial charge in [-0.3, -0.25) is 0 Å². The molecule has 0 aromatic heterocycles. The Bertz CT molecular complexity index is 23.0. The molecule has 0 aliphatic carbocycles. The molecule has 0 atom stereocenters. The zero-order valence-corrected chi connectivity index (χ0v) is 7.38. The first-order valence-corrected chi connectivity index (χ1v) is 12.0. The maximum Gasteiger partial charge on any atom is -1.00 e. The molecule has 2 heteroatoms. The third-order valence-electron chi connectivity index (χ3n) is 0. The fraction of sp³-hybridized carbons (Fsp3) is 1.00. The van der Waals surface area contributed by atoms with Crippen LogP contribution in [0.3, 0.4) is 0 Å². The Hall–Kier alpha value is 0.748. The first kappa shape index (κ1) is 9.89. The summed E-state index contributed by atoms with van der Waals surface area (Å²) in [5, 5.41) is 0. The molecule has 0 saturated carbocycles. The Balaban J connectivity index is 0. The Morgan fingerprint density at radius 3 is 0.833 bits per heavy atom. The van der Waals surface area contributed by atoms with Crippen molar-refractivity contribution in [3.63, 3.8) is 0 Å². The van der Waals surface area contributed by atoms with E-state index in [0.717, 1.165) is 0 Å². The summed E-state index contributed by atoms with van der Waals surface area (Å²) in [5.41, 5.74) is 0. The molecule has 40 valence electrons. The SMILES string of the molecule is [CH3][Sb+]([CH3])([CH3])[CH3].[F-]. The zero-order chi connectivity index (χ0) is 4.50. The predicted molar refractivity (Wildman–Crippen MR) is 29.2 cm³/mol. The van der Waals surface area contributed by atoms with Crippen LogP contribution in [0, 0.1) is 0 Å². The molecular weight excluding hydrogens is 189 g/mol. The minimum atomic E-state index is -1.10. The van der Waals surface area contributed by atoms with Crippen LogP contribution < -0.4 is 4.70 Å². The van der Waals surface area contributed by atoms with E-state index in [9.17, 15) is 0 Å². The van der Waals surface area contributed by atoms with Crippen molar-refractivity contribution in [2.24, 2.45) is 0 Å². The third-order valence-corrected chi connectivity index (χ3v) is 0. The van der Waals surface area contributed by atoms with E-state index in [1.807, 2.05) is 0 Å². The molecule has 0 aliphatic heterocycles. The van der Waals surface area contributed by atoms with Crippen molar-refractivity contribution >= 4 is 18.8 Å². The second-order valence-corrected chi connectivity index (χ2v) is 18.0. The molecule has 0 radical (unpaired) electrons. The van der Waals surface area contributed by atoms with E-state index < -0.39 is 18.8 Å². The topological polar surface area (TPSA) is 0 Å². The summed E-state index contributed by atoms with van der Waals surface area (Å²) in [6.07, 6.45) is 0. The van der Waals surface area contributed by atoms with E-state index in [1.54, 1.807) is 0 Å². The number of rotatable bonds is 0. The van der Waals surface area contributed by atoms with Crippen molar-refractivity contribution in [2.45, 2.75) is 19.5 Å². The quantitative estimate of drug-likeness (QED) is 0.439. The number of hydrogen-bond acceptors (Lipinski definition) is 0.